The van der Waals surface area contributed by atoms with Crippen molar-refractivity contribution in [3.8, 4) is 11.1 Å². The zero-order valence-electron chi connectivity index (χ0n) is 16.0. The highest BCUT2D eigenvalue weighted by atomic mass is 19.1. The number of carbonyl (C=O) groups excluding carboxylic acids is 1. The molecule has 3 heterocycles. The number of carbonyl (C=O) groups is 1. The minimum absolute atomic E-state index is 0.0987. The first-order valence-corrected chi connectivity index (χ1v) is 9.98. The van der Waals surface area contributed by atoms with E-state index in [2.05, 4.69) is 14.9 Å². The highest BCUT2D eigenvalue weighted by molar-refractivity contribution is 5.78. The molecule has 1 unspecified atom stereocenters. The second-order valence-corrected chi connectivity index (χ2v) is 7.70. The zero-order chi connectivity index (χ0) is 19.5. The lowest BCUT2D eigenvalue weighted by atomic mass is 9.90. The van der Waals surface area contributed by atoms with Gasteiger partial charge in [-0.1, -0.05) is 12.1 Å². The highest BCUT2D eigenvalue weighted by Crippen LogP contribution is 2.33. The SMILES string of the molecule is Nc1ncc(-c2ccc(F)cc2)c(C2CCCN(C(=O)CN3CCCC3)C2)n1. The van der Waals surface area contributed by atoms with E-state index >= 15 is 0 Å². The molecular weight excluding hydrogens is 357 g/mol. The Balaban J connectivity index is 1.55. The molecule has 2 fully saturated rings. The molecule has 2 aliphatic heterocycles. The first-order valence-electron chi connectivity index (χ1n) is 9.98. The molecule has 2 aliphatic rings. The molecule has 6 nitrogen and oxygen atoms in total. The van der Waals surface area contributed by atoms with E-state index < -0.39 is 0 Å². The summed E-state index contributed by atoms with van der Waals surface area (Å²) in [6, 6.07) is 6.32. The first-order chi connectivity index (χ1) is 13.6. The lowest BCUT2D eigenvalue weighted by Crippen LogP contribution is -2.44. The number of nitrogens with two attached hydrogens (primary N) is 1. The van der Waals surface area contributed by atoms with Crippen LogP contribution in [0.15, 0.2) is 30.5 Å². The third-order valence-electron chi connectivity index (χ3n) is 5.71. The highest BCUT2D eigenvalue weighted by Gasteiger charge is 2.29. The van der Waals surface area contributed by atoms with Crippen LogP contribution < -0.4 is 5.73 Å². The van der Waals surface area contributed by atoms with Crippen LogP contribution >= 0.6 is 0 Å². The molecule has 1 amide bonds. The Kier molecular flexibility index (Phi) is 5.52. The topological polar surface area (TPSA) is 75.3 Å². The molecule has 2 saturated heterocycles. The van der Waals surface area contributed by atoms with Crippen LogP contribution in [0.2, 0.25) is 0 Å². The van der Waals surface area contributed by atoms with E-state index in [9.17, 15) is 9.18 Å². The van der Waals surface area contributed by atoms with E-state index in [-0.39, 0.29) is 23.6 Å². The number of halogens is 1. The minimum atomic E-state index is -0.280. The minimum Gasteiger partial charge on any atom is -0.368 e. The van der Waals surface area contributed by atoms with Crippen molar-refractivity contribution in [2.75, 3.05) is 38.5 Å². The number of piperidine rings is 1. The third-order valence-corrected chi connectivity index (χ3v) is 5.71. The maximum atomic E-state index is 13.3. The fourth-order valence-corrected chi connectivity index (χ4v) is 4.23. The summed E-state index contributed by atoms with van der Waals surface area (Å²) in [5.74, 6) is 0.234. The second kappa shape index (κ2) is 8.22. The van der Waals surface area contributed by atoms with E-state index in [1.54, 1.807) is 18.3 Å². The Bertz CT molecular complexity index is 835. The van der Waals surface area contributed by atoms with Crippen LogP contribution in [0.5, 0.6) is 0 Å². The Morgan fingerprint density at radius 3 is 2.64 bits per heavy atom. The van der Waals surface area contributed by atoms with Gasteiger partial charge in [0.1, 0.15) is 5.82 Å². The number of anilines is 1. The predicted octanol–water partition coefficient (Wildman–Crippen LogP) is 2.67. The van der Waals surface area contributed by atoms with Crippen LogP contribution in [0, 0.1) is 5.82 Å². The Hall–Kier alpha value is -2.54. The van der Waals surface area contributed by atoms with Crippen molar-refractivity contribution >= 4 is 11.9 Å². The standard InChI is InChI=1S/C21H26FN5O/c22-17-7-5-15(6-8-17)18-12-24-21(23)25-20(18)16-4-3-11-27(13-16)19(28)14-26-9-1-2-10-26/h5-8,12,16H,1-4,9-11,13-14H2,(H2,23,24,25). The molecule has 1 aromatic carbocycles. The Labute approximate surface area is 164 Å². The smallest absolute Gasteiger partial charge is 0.236 e. The third kappa shape index (κ3) is 4.14. The number of likely N-dealkylation sites (tertiary alicyclic amines) is 2. The van der Waals surface area contributed by atoms with Crippen LogP contribution in [-0.2, 0) is 4.79 Å². The molecule has 28 heavy (non-hydrogen) atoms. The summed E-state index contributed by atoms with van der Waals surface area (Å²) in [5.41, 5.74) is 8.43. The van der Waals surface area contributed by atoms with Gasteiger partial charge in [-0.3, -0.25) is 9.69 Å². The Morgan fingerprint density at radius 1 is 1.14 bits per heavy atom. The predicted molar refractivity (Wildman–Crippen MR) is 106 cm³/mol. The number of hydrogen-bond donors (Lipinski definition) is 1. The molecule has 4 rings (SSSR count). The van der Waals surface area contributed by atoms with E-state index in [4.69, 9.17) is 5.73 Å². The molecular formula is C21H26FN5O. The summed E-state index contributed by atoms with van der Waals surface area (Å²) in [4.78, 5) is 25.6. The summed E-state index contributed by atoms with van der Waals surface area (Å²) >= 11 is 0. The van der Waals surface area contributed by atoms with Gasteiger partial charge in [0, 0.05) is 30.8 Å². The van der Waals surface area contributed by atoms with Crippen LogP contribution in [0.4, 0.5) is 10.3 Å². The molecule has 1 aromatic heterocycles. The maximum Gasteiger partial charge on any atom is 0.236 e. The first kappa shape index (κ1) is 18.8. The zero-order valence-corrected chi connectivity index (χ0v) is 16.0. The van der Waals surface area contributed by atoms with Gasteiger partial charge in [0.25, 0.3) is 0 Å². The summed E-state index contributed by atoms with van der Waals surface area (Å²) in [5, 5.41) is 0. The average Bonchev–Trinajstić information content (AvgIpc) is 3.22. The number of hydrogen-bond acceptors (Lipinski definition) is 5. The number of aromatic nitrogens is 2. The molecule has 1 atom stereocenters. The molecule has 0 saturated carbocycles. The van der Waals surface area contributed by atoms with Crippen molar-refractivity contribution in [1.82, 2.24) is 19.8 Å². The van der Waals surface area contributed by atoms with Crippen LogP contribution in [0.25, 0.3) is 11.1 Å². The molecule has 0 bridgehead atoms. The van der Waals surface area contributed by atoms with Gasteiger partial charge in [0.05, 0.1) is 12.2 Å². The van der Waals surface area contributed by atoms with Gasteiger partial charge >= 0.3 is 0 Å². The summed E-state index contributed by atoms with van der Waals surface area (Å²) < 4.78 is 13.3. The van der Waals surface area contributed by atoms with E-state index in [0.717, 1.165) is 49.3 Å². The molecule has 0 spiro atoms. The molecule has 2 N–H and O–H groups in total. The number of rotatable bonds is 4. The number of nitrogen functional groups attached to an aromatic ring is 1. The average molecular weight is 383 g/mol. The maximum absolute atomic E-state index is 13.3. The van der Waals surface area contributed by atoms with Crippen molar-refractivity contribution in [2.45, 2.75) is 31.6 Å². The van der Waals surface area contributed by atoms with Crippen molar-refractivity contribution in [3.05, 3.63) is 42.0 Å². The van der Waals surface area contributed by atoms with Crippen LogP contribution in [-0.4, -0.2) is 58.4 Å². The lowest BCUT2D eigenvalue weighted by Gasteiger charge is -2.34. The van der Waals surface area contributed by atoms with Gasteiger partial charge in [-0.25, -0.2) is 14.4 Å². The van der Waals surface area contributed by atoms with Gasteiger partial charge in [-0.05, 0) is 56.5 Å². The van der Waals surface area contributed by atoms with Gasteiger partial charge in [-0.2, -0.15) is 0 Å². The molecule has 7 heteroatoms. The van der Waals surface area contributed by atoms with Gasteiger partial charge in [0.2, 0.25) is 11.9 Å². The van der Waals surface area contributed by atoms with E-state index in [1.165, 1.54) is 25.0 Å². The summed E-state index contributed by atoms with van der Waals surface area (Å²) in [6.45, 7) is 3.96. The number of amides is 1. The van der Waals surface area contributed by atoms with Gasteiger partial charge in [-0.15, -0.1) is 0 Å². The normalized spacial score (nSPS) is 20.5. The fraction of sp³-hybridized carbons (Fsp3) is 0.476. The second-order valence-electron chi connectivity index (χ2n) is 7.70. The molecule has 2 aromatic rings. The van der Waals surface area contributed by atoms with Crippen LogP contribution in [0.1, 0.15) is 37.3 Å². The molecule has 148 valence electrons. The van der Waals surface area contributed by atoms with Gasteiger partial charge < -0.3 is 10.6 Å². The summed E-state index contributed by atoms with van der Waals surface area (Å²) in [7, 11) is 0. The largest absolute Gasteiger partial charge is 0.368 e. The molecule has 0 aliphatic carbocycles. The monoisotopic (exact) mass is 383 g/mol. The van der Waals surface area contributed by atoms with Gasteiger partial charge in [0.15, 0.2) is 0 Å². The molecule has 0 radical (unpaired) electrons. The van der Waals surface area contributed by atoms with Crippen molar-refractivity contribution < 1.29 is 9.18 Å². The van der Waals surface area contributed by atoms with Crippen molar-refractivity contribution in [2.24, 2.45) is 0 Å². The van der Waals surface area contributed by atoms with E-state index in [0.29, 0.717) is 13.1 Å². The quantitative estimate of drug-likeness (QED) is 0.879. The number of benzene rings is 1. The fourth-order valence-electron chi connectivity index (χ4n) is 4.23. The van der Waals surface area contributed by atoms with Crippen molar-refractivity contribution in [1.29, 1.82) is 0 Å². The number of nitrogens with zero attached hydrogens (tertiary/aromatic N) is 4. The summed E-state index contributed by atoms with van der Waals surface area (Å²) in [6.07, 6.45) is 5.94. The van der Waals surface area contributed by atoms with Crippen LogP contribution in [0.3, 0.4) is 0 Å². The lowest BCUT2D eigenvalue weighted by molar-refractivity contribution is -0.133. The van der Waals surface area contributed by atoms with Crippen molar-refractivity contribution in [3.63, 3.8) is 0 Å². The Morgan fingerprint density at radius 2 is 1.89 bits per heavy atom. The van der Waals surface area contributed by atoms with E-state index in [1.807, 2.05) is 4.90 Å².